The highest BCUT2D eigenvalue weighted by atomic mass is 16.5. The molecule has 0 aromatic rings. The van der Waals surface area contributed by atoms with Crippen LogP contribution in [0.2, 0.25) is 0 Å². The van der Waals surface area contributed by atoms with Crippen LogP contribution in [0.15, 0.2) is 41.4 Å². The van der Waals surface area contributed by atoms with E-state index >= 15 is 0 Å². The van der Waals surface area contributed by atoms with E-state index in [-0.39, 0.29) is 47.9 Å². The monoisotopic (exact) mass is 685 g/mol. The second kappa shape index (κ2) is 19.9. The van der Waals surface area contributed by atoms with Crippen molar-refractivity contribution >= 4 is 29.8 Å². The van der Waals surface area contributed by atoms with Gasteiger partial charge in [-0.15, -0.1) is 0 Å². The zero-order valence-corrected chi connectivity index (χ0v) is 31.6. The number of nitrogens with two attached hydrogens (primary N) is 1. The molecule has 0 bridgehead atoms. The highest BCUT2D eigenvalue weighted by molar-refractivity contribution is 5.99. The molecule has 276 valence electrons. The van der Waals surface area contributed by atoms with Gasteiger partial charge in [-0.2, -0.15) is 0 Å². The maximum Gasteiger partial charge on any atom is 0.264 e. The van der Waals surface area contributed by atoms with Crippen molar-refractivity contribution in [2.45, 2.75) is 110 Å². The molecule has 11 heteroatoms. The summed E-state index contributed by atoms with van der Waals surface area (Å²) in [6.45, 7) is 14.0. The molecule has 2 aliphatic rings. The van der Waals surface area contributed by atoms with Crippen LogP contribution >= 0.6 is 0 Å². The molecule has 11 nitrogen and oxygen atoms in total. The Morgan fingerprint density at radius 3 is 2.22 bits per heavy atom. The van der Waals surface area contributed by atoms with Crippen LogP contribution in [0.25, 0.3) is 0 Å². The topological polar surface area (TPSA) is 144 Å². The third-order valence-corrected chi connectivity index (χ3v) is 9.99. The Labute approximate surface area is 294 Å². The maximum atomic E-state index is 14.0. The molecule has 2 rings (SSSR count). The number of aliphatic imine (C=N–C) groups is 1. The summed E-state index contributed by atoms with van der Waals surface area (Å²) >= 11 is 0. The van der Waals surface area contributed by atoms with Gasteiger partial charge < -0.3 is 30.3 Å². The Balaban J connectivity index is 2.18. The number of allylic oxidation sites excluding steroid dienone is 6. The van der Waals surface area contributed by atoms with Crippen molar-refractivity contribution in [3.63, 3.8) is 0 Å². The van der Waals surface area contributed by atoms with Crippen molar-refractivity contribution in [3.05, 3.63) is 36.5 Å². The van der Waals surface area contributed by atoms with Crippen LogP contribution in [0.3, 0.4) is 0 Å². The van der Waals surface area contributed by atoms with E-state index in [1.807, 2.05) is 63.8 Å². The summed E-state index contributed by atoms with van der Waals surface area (Å²) in [7, 11) is 4.89. The minimum atomic E-state index is -1.15. The van der Waals surface area contributed by atoms with Crippen LogP contribution in [0, 0.1) is 29.6 Å². The molecule has 1 unspecified atom stereocenters. The molecule has 4 amide bonds. The van der Waals surface area contributed by atoms with E-state index in [0.717, 1.165) is 25.7 Å². The van der Waals surface area contributed by atoms with Crippen molar-refractivity contribution in [2.75, 3.05) is 34.4 Å². The van der Waals surface area contributed by atoms with Gasteiger partial charge >= 0.3 is 0 Å². The molecule has 1 aliphatic carbocycles. The zero-order chi connectivity index (χ0) is 36.9. The molecule has 0 radical (unpaired) electrons. The number of carbonyl (C=O) groups excluding carboxylic acids is 4. The number of methoxy groups -OCH3 is 2. The largest absolute Gasteiger partial charge is 0.379 e. The average Bonchev–Trinajstić information content (AvgIpc) is 3.39. The lowest BCUT2D eigenvalue weighted by atomic mass is 9.88. The summed E-state index contributed by atoms with van der Waals surface area (Å²) in [6, 6.07) is -0.678. The summed E-state index contributed by atoms with van der Waals surface area (Å²) in [4.78, 5) is 61.2. The van der Waals surface area contributed by atoms with E-state index < -0.39 is 41.5 Å². The Morgan fingerprint density at radius 2 is 1.69 bits per heavy atom. The van der Waals surface area contributed by atoms with Crippen LogP contribution in [-0.4, -0.2) is 104 Å². The van der Waals surface area contributed by atoms with Gasteiger partial charge in [0.15, 0.2) is 0 Å². The number of nitrogens with zero attached hydrogens (tertiary/aromatic N) is 3. The van der Waals surface area contributed by atoms with E-state index in [1.165, 1.54) is 6.21 Å². The Hall–Kier alpha value is -3.15. The van der Waals surface area contributed by atoms with Gasteiger partial charge in [-0.25, -0.2) is 4.99 Å². The minimum absolute atomic E-state index is 0.00565. The van der Waals surface area contributed by atoms with Crippen molar-refractivity contribution in [3.8, 4) is 0 Å². The number of hydrogen-bond donors (Lipinski definition) is 2. The number of nitrogens with one attached hydrogen (secondary N) is 1. The van der Waals surface area contributed by atoms with Crippen LogP contribution in [-0.2, 0) is 28.7 Å². The molecule has 1 fully saturated rings. The number of likely N-dealkylation sites (N-methyl/N-ethyl adjacent to an activating group) is 1. The first-order valence-corrected chi connectivity index (χ1v) is 17.9. The first-order chi connectivity index (χ1) is 23.1. The van der Waals surface area contributed by atoms with Crippen LogP contribution in [0.4, 0.5) is 0 Å². The second-order valence-electron chi connectivity index (χ2n) is 14.6. The number of carbonyl (C=O) groups is 4. The van der Waals surface area contributed by atoms with Crippen LogP contribution in [0.1, 0.15) is 80.6 Å². The van der Waals surface area contributed by atoms with Crippen LogP contribution < -0.4 is 11.1 Å². The van der Waals surface area contributed by atoms with Crippen molar-refractivity contribution in [2.24, 2.45) is 40.3 Å². The fourth-order valence-electron chi connectivity index (χ4n) is 6.70. The molecule has 49 heavy (non-hydrogen) atoms. The molecular weight excluding hydrogens is 622 g/mol. The molecule has 7 atom stereocenters. The zero-order valence-electron chi connectivity index (χ0n) is 31.6. The quantitative estimate of drug-likeness (QED) is 0.205. The van der Waals surface area contributed by atoms with Gasteiger partial charge in [-0.1, -0.05) is 77.5 Å². The molecule has 0 saturated carbocycles. The number of likely N-dealkylation sites (tertiary alicyclic amines) is 1. The first-order valence-electron chi connectivity index (χ1n) is 17.9. The number of rotatable bonds is 18. The second-order valence-corrected chi connectivity index (χ2v) is 14.6. The lowest BCUT2D eigenvalue weighted by Crippen LogP contribution is -2.54. The SMILES string of the molecule is CC[C@H](C)[C@@H]([C@@H](CC(=O)N1CCC[C@H]1[C@H](OC)[C@@H](C)C(=O)NCCC1C=CC=CC=C1)OC)N(C)C(=O)C(/C=N/C(=O)C(C)(C)N)C(C)C. The Kier molecular flexibility index (Phi) is 17.1. The van der Waals surface area contributed by atoms with Crippen molar-refractivity contribution in [1.82, 2.24) is 15.1 Å². The standard InChI is InChI=1S/C38H63N5O6/c1-11-26(4)33(42(8)36(46)29(25(2)3)24-41-37(47)38(6,7)39)31(48-9)23-32(44)43-22-16-19-30(43)34(49-10)27(5)35(45)40-21-20-28-17-14-12-13-15-18-28/h12-15,17-18,24-31,33-34H,11,16,19-23,39H2,1-10H3,(H,40,45)/b41-24+/t26-,27+,29?,30-,31+,33-,34+/m0/s1. The number of ether oxygens (including phenoxy) is 2. The fourth-order valence-corrected chi connectivity index (χ4v) is 6.70. The Morgan fingerprint density at radius 1 is 1.06 bits per heavy atom. The molecule has 0 aromatic carbocycles. The van der Waals surface area contributed by atoms with Gasteiger partial charge in [-0.05, 0) is 50.9 Å². The smallest absolute Gasteiger partial charge is 0.264 e. The summed E-state index contributed by atoms with van der Waals surface area (Å²) < 4.78 is 11.9. The lowest BCUT2D eigenvalue weighted by Gasteiger charge is -2.40. The molecule has 1 aliphatic heterocycles. The summed E-state index contributed by atoms with van der Waals surface area (Å²) in [6.07, 6.45) is 15.7. The number of amides is 4. The number of hydrogen-bond acceptors (Lipinski definition) is 7. The molecular formula is C38H63N5O6. The van der Waals surface area contributed by atoms with E-state index in [4.69, 9.17) is 15.2 Å². The highest BCUT2D eigenvalue weighted by Crippen LogP contribution is 2.30. The molecule has 0 aromatic heterocycles. The third-order valence-electron chi connectivity index (χ3n) is 9.99. The lowest BCUT2D eigenvalue weighted by molar-refractivity contribution is -0.147. The van der Waals surface area contributed by atoms with E-state index in [2.05, 4.69) is 22.5 Å². The summed E-state index contributed by atoms with van der Waals surface area (Å²) in [5.74, 6) is -1.91. The van der Waals surface area contributed by atoms with Gasteiger partial charge in [0.05, 0.1) is 48.1 Å². The van der Waals surface area contributed by atoms with Gasteiger partial charge in [0.2, 0.25) is 17.7 Å². The predicted octanol–water partition coefficient (Wildman–Crippen LogP) is 4.32. The minimum Gasteiger partial charge on any atom is -0.379 e. The van der Waals surface area contributed by atoms with E-state index in [9.17, 15) is 19.2 Å². The summed E-state index contributed by atoms with van der Waals surface area (Å²) in [5, 5.41) is 3.07. The van der Waals surface area contributed by atoms with Gasteiger partial charge in [0, 0.05) is 40.6 Å². The van der Waals surface area contributed by atoms with Crippen LogP contribution in [0.5, 0.6) is 0 Å². The molecule has 1 saturated heterocycles. The van der Waals surface area contributed by atoms with Gasteiger partial charge in [0.1, 0.15) is 0 Å². The normalized spacial score (nSPS) is 20.6. The van der Waals surface area contributed by atoms with Gasteiger partial charge in [-0.3, -0.25) is 19.2 Å². The molecule has 1 heterocycles. The Bertz CT molecular complexity index is 1210. The van der Waals surface area contributed by atoms with Crippen molar-refractivity contribution in [1.29, 1.82) is 0 Å². The average molecular weight is 686 g/mol. The van der Waals surface area contributed by atoms with Gasteiger partial charge in [0.25, 0.3) is 5.91 Å². The fraction of sp³-hybridized carbons (Fsp3) is 0.711. The van der Waals surface area contributed by atoms with E-state index in [0.29, 0.717) is 13.1 Å². The maximum absolute atomic E-state index is 14.0. The van der Waals surface area contributed by atoms with Crippen molar-refractivity contribution < 1.29 is 28.7 Å². The third kappa shape index (κ3) is 12.0. The first kappa shape index (κ1) is 42.0. The molecule has 3 N–H and O–H groups in total. The highest BCUT2D eigenvalue weighted by Gasteiger charge is 2.42. The molecule has 0 spiro atoms. The summed E-state index contributed by atoms with van der Waals surface area (Å²) in [5.41, 5.74) is 4.77. The van der Waals surface area contributed by atoms with E-state index in [1.54, 1.807) is 40.0 Å². The predicted molar refractivity (Wildman–Crippen MR) is 195 cm³/mol.